The van der Waals surface area contributed by atoms with Crippen molar-refractivity contribution in [2.45, 2.75) is 71.6 Å². The highest BCUT2D eigenvalue weighted by atomic mass is 32.1. The van der Waals surface area contributed by atoms with Crippen molar-refractivity contribution in [1.82, 2.24) is 0 Å². The molecule has 0 amide bonds. The lowest BCUT2D eigenvalue weighted by molar-refractivity contribution is -0.109. The minimum absolute atomic E-state index is 0.107. The Labute approximate surface area is 165 Å². The van der Waals surface area contributed by atoms with Gasteiger partial charge in [0.2, 0.25) is 10.5 Å². The molecule has 0 aliphatic rings. The van der Waals surface area contributed by atoms with Crippen LogP contribution in [0.1, 0.15) is 92.3 Å². The van der Waals surface area contributed by atoms with E-state index in [9.17, 15) is 4.79 Å². The predicted octanol–water partition coefficient (Wildman–Crippen LogP) is 5.30. The van der Waals surface area contributed by atoms with Gasteiger partial charge in [0, 0.05) is 10.8 Å². The van der Waals surface area contributed by atoms with Gasteiger partial charge in [-0.15, -0.1) is 11.3 Å². The summed E-state index contributed by atoms with van der Waals surface area (Å²) in [6.07, 6.45) is 1.91. The minimum atomic E-state index is -0.107. The topological polar surface area (TPSA) is 26.3 Å². The Morgan fingerprint density at radius 3 is 2.12 bits per heavy atom. The summed E-state index contributed by atoms with van der Waals surface area (Å²) in [4.78, 5) is 13.4. The molecule has 1 unspecified atom stereocenters. The zero-order chi connectivity index (χ0) is 19.4. The second-order valence-electron chi connectivity index (χ2n) is 7.91. The monoisotopic (exact) mass is 388 g/mol. The molecule has 0 N–H and O–H groups in total. The van der Waals surface area contributed by atoms with Gasteiger partial charge in [0.05, 0.1) is 0 Å². The zero-order valence-corrected chi connectivity index (χ0v) is 19.9. The second-order valence-corrected chi connectivity index (χ2v) is 9.35. The maximum absolute atomic E-state index is 12.1. The Morgan fingerprint density at radius 1 is 1.04 bits per heavy atom. The summed E-state index contributed by atoms with van der Waals surface area (Å²) >= 11 is 1.73. The Morgan fingerprint density at radius 2 is 1.69 bits per heavy atom. The van der Waals surface area contributed by atoms with Crippen LogP contribution in [0, 0.1) is 0 Å². The molecule has 26 heavy (non-hydrogen) atoms. The number of benzene rings is 1. The molecule has 0 aliphatic carbocycles. The summed E-state index contributed by atoms with van der Waals surface area (Å²) in [5.41, 5.74) is 5.04. The summed E-state index contributed by atoms with van der Waals surface area (Å²) in [5, 5.41) is 2.08. The van der Waals surface area contributed by atoms with Crippen molar-refractivity contribution in [3.63, 3.8) is 0 Å². The van der Waals surface area contributed by atoms with Gasteiger partial charge in [-0.05, 0) is 57.9 Å². The number of rotatable bonds is 8. The van der Waals surface area contributed by atoms with E-state index in [1.165, 1.54) is 27.1 Å². The average molecular weight is 389 g/mol. The van der Waals surface area contributed by atoms with E-state index in [0.29, 0.717) is 28.2 Å². The molecule has 0 saturated carbocycles. The first-order valence-electron chi connectivity index (χ1n) is 9.53. The Balaban J connectivity index is 2.74. The fraction of sp³-hybridized carbons (Fsp3) is 0.500. The predicted molar refractivity (Wildman–Crippen MR) is 116 cm³/mol. The third kappa shape index (κ3) is 4.29. The zero-order valence-electron chi connectivity index (χ0n) is 17.1. The number of hydrogen-bond donors (Lipinski definition) is 0. The molecule has 1 aromatic carbocycles. The molecule has 2 nitrogen and oxygen atoms in total. The minimum Gasteiger partial charge on any atom is -0.553 e. The summed E-state index contributed by atoms with van der Waals surface area (Å²) in [6.45, 7) is 13.3. The molecule has 142 valence electrons. The normalized spacial score (nSPS) is 13.0. The number of carbonyl (C=O) groups excluding carboxylic acids is 1. The standard InChI is InChI=1S/C22H32O2SSi/c1-13(2)18-11-19(16(12-23)10-17-8-7-9-25-17)20(14(3)4)21(15(5)6)22(18)24-26/h7-9,11-16H,10H2,1-6,26H3. The summed E-state index contributed by atoms with van der Waals surface area (Å²) in [5.74, 6) is 2.04. The maximum Gasteiger partial charge on any atom is 0.204 e. The van der Waals surface area contributed by atoms with Crippen LogP contribution in [0.3, 0.4) is 0 Å². The summed E-state index contributed by atoms with van der Waals surface area (Å²) in [7, 11) is 0.671. The van der Waals surface area contributed by atoms with Gasteiger partial charge in [-0.1, -0.05) is 53.7 Å². The third-order valence-corrected chi connectivity index (χ3v) is 6.27. The largest absolute Gasteiger partial charge is 0.553 e. The number of carbonyl (C=O) groups is 1. The lowest BCUT2D eigenvalue weighted by Gasteiger charge is -2.29. The van der Waals surface area contributed by atoms with E-state index < -0.39 is 0 Å². The molecule has 1 heterocycles. The van der Waals surface area contributed by atoms with Crippen molar-refractivity contribution in [2.75, 3.05) is 0 Å². The van der Waals surface area contributed by atoms with E-state index in [1.807, 2.05) is 0 Å². The van der Waals surface area contributed by atoms with E-state index in [0.717, 1.165) is 18.5 Å². The first kappa shape index (κ1) is 20.9. The van der Waals surface area contributed by atoms with Gasteiger partial charge in [-0.2, -0.15) is 0 Å². The van der Waals surface area contributed by atoms with Crippen LogP contribution in [-0.2, 0) is 11.2 Å². The molecule has 1 aromatic heterocycles. The van der Waals surface area contributed by atoms with Crippen LogP contribution < -0.4 is 4.43 Å². The highest BCUT2D eigenvalue weighted by molar-refractivity contribution is 7.09. The number of hydrogen-bond acceptors (Lipinski definition) is 3. The summed E-state index contributed by atoms with van der Waals surface area (Å²) in [6, 6.07) is 6.44. The lowest BCUT2D eigenvalue weighted by atomic mass is 9.78. The van der Waals surface area contributed by atoms with Crippen molar-refractivity contribution < 1.29 is 9.22 Å². The van der Waals surface area contributed by atoms with Crippen molar-refractivity contribution in [3.8, 4) is 5.75 Å². The van der Waals surface area contributed by atoms with Crippen LogP contribution in [0.25, 0.3) is 0 Å². The molecule has 0 aliphatic heterocycles. The van der Waals surface area contributed by atoms with Crippen LogP contribution in [0.5, 0.6) is 5.75 Å². The molecular weight excluding hydrogens is 356 g/mol. The SMILES string of the molecule is CC(C)c1cc(C(C=O)Cc2cccs2)c(C(C)C)c(C(C)C)c1O[SiH3]. The molecule has 0 spiro atoms. The van der Waals surface area contributed by atoms with Crippen LogP contribution in [0.4, 0.5) is 0 Å². The fourth-order valence-corrected chi connectivity index (χ4v) is 5.02. The van der Waals surface area contributed by atoms with E-state index in [-0.39, 0.29) is 5.92 Å². The maximum atomic E-state index is 12.1. The van der Waals surface area contributed by atoms with Crippen molar-refractivity contribution in [2.24, 2.45) is 0 Å². The average Bonchev–Trinajstić information content (AvgIpc) is 3.10. The molecular formula is C22H32O2SSi. The van der Waals surface area contributed by atoms with E-state index in [4.69, 9.17) is 4.43 Å². The van der Waals surface area contributed by atoms with Crippen molar-refractivity contribution in [1.29, 1.82) is 0 Å². The third-order valence-electron chi connectivity index (χ3n) is 4.96. The highest BCUT2D eigenvalue weighted by Crippen LogP contribution is 2.44. The van der Waals surface area contributed by atoms with Gasteiger partial charge in [0.25, 0.3) is 0 Å². The fourth-order valence-electron chi connectivity index (χ4n) is 3.80. The van der Waals surface area contributed by atoms with Gasteiger partial charge < -0.3 is 9.22 Å². The quantitative estimate of drug-likeness (QED) is 0.453. The first-order valence-corrected chi connectivity index (χ1v) is 11.2. The van der Waals surface area contributed by atoms with Gasteiger partial charge in [-0.3, -0.25) is 0 Å². The van der Waals surface area contributed by atoms with Crippen molar-refractivity contribution in [3.05, 3.63) is 50.7 Å². The summed E-state index contributed by atoms with van der Waals surface area (Å²) < 4.78 is 6.02. The molecule has 2 aromatic rings. The Bertz CT molecular complexity index is 733. The van der Waals surface area contributed by atoms with Crippen molar-refractivity contribution >= 4 is 28.1 Å². The lowest BCUT2D eigenvalue weighted by Crippen LogP contribution is -2.15. The highest BCUT2D eigenvalue weighted by Gasteiger charge is 2.27. The Hall–Kier alpha value is -1.39. The molecule has 4 heteroatoms. The number of thiophene rings is 1. The van der Waals surface area contributed by atoms with E-state index in [1.54, 1.807) is 11.3 Å². The van der Waals surface area contributed by atoms with E-state index >= 15 is 0 Å². The molecule has 2 rings (SSSR count). The second kappa shape index (κ2) is 9.00. The van der Waals surface area contributed by atoms with Crippen LogP contribution >= 0.6 is 11.3 Å². The van der Waals surface area contributed by atoms with Crippen LogP contribution in [0.15, 0.2) is 23.6 Å². The molecule has 0 bridgehead atoms. The van der Waals surface area contributed by atoms with E-state index in [2.05, 4.69) is 65.1 Å². The van der Waals surface area contributed by atoms with Gasteiger partial charge in [0.15, 0.2) is 0 Å². The van der Waals surface area contributed by atoms with Gasteiger partial charge in [0.1, 0.15) is 12.0 Å². The molecule has 1 atom stereocenters. The van der Waals surface area contributed by atoms with Gasteiger partial charge >= 0.3 is 0 Å². The first-order chi connectivity index (χ1) is 12.3. The van der Waals surface area contributed by atoms with Gasteiger partial charge in [-0.25, -0.2) is 0 Å². The number of aldehydes is 1. The molecule has 0 saturated heterocycles. The molecule has 0 fully saturated rings. The van der Waals surface area contributed by atoms with Crippen LogP contribution in [-0.4, -0.2) is 16.8 Å². The Kier molecular flexibility index (Phi) is 7.24. The molecule has 0 radical (unpaired) electrons. The van der Waals surface area contributed by atoms with Crippen LogP contribution in [0.2, 0.25) is 0 Å². The smallest absolute Gasteiger partial charge is 0.204 e.